The molecule has 8 nitrogen and oxygen atoms in total. The molecule has 0 spiro atoms. The molecular weight excluding hydrogens is 463 g/mol. The molecule has 3 aromatic rings. The Labute approximate surface area is 208 Å². The average Bonchev–Trinajstić information content (AvgIpc) is 2.92. The lowest BCUT2D eigenvalue weighted by Gasteiger charge is -2.52. The van der Waals surface area contributed by atoms with Gasteiger partial charge in [0.05, 0.1) is 42.9 Å². The summed E-state index contributed by atoms with van der Waals surface area (Å²) in [5.41, 5.74) is 2.75. The molecule has 2 saturated heterocycles. The standard InChI is InChI=1S/C27H29FN4O4/c1-34-19-3-5-23-21(12-19)20(22(28)13-29-23)8-11-32(27-9-6-18(7-10-27)35-16-27)15-17-2-4-24-26(31-17)36-25(33)14-30-24/h2-5,12-13,18,30H,6-11,14-16H2,1H3. The van der Waals surface area contributed by atoms with E-state index in [0.29, 0.717) is 55.1 Å². The van der Waals surface area contributed by atoms with Crippen molar-refractivity contribution in [2.24, 2.45) is 0 Å². The van der Waals surface area contributed by atoms with Crippen LogP contribution >= 0.6 is 0 Å². The third kappa shape index (κ3) is 4.26. The number of anilines is 1. The lowest BCUT2D eigenvalue weighted by Crippen LogP contribution is -2.59. The quantitative estimate of drug-likeness (QED) is 0.498. The second kappa shape index (κ2) is 9.29. The Morgan fingerprint density at radius 2 is 2.11 bits per heavy atom. The highest BCUT2D eigenvalue weighted by atomic mass is 19.1. The van der Waals surface area contributed by atoms with E-state index >= 15 is 4.39 Å². The summed E-state index contributed by atoms with van der Waals surface area (Å²) in [5, 5.41) is 3.80. The molecule has 0 unspecified atom stereocenters. The van der Waals surface area contributed by atoms with Gasteiger partial charge in [-0.15, -0.1) is 0 Å². The number of ether oxygens (including phenoxy) is 3. The predicted molar refractivity (Wildman–Crippen MR) is 132 cm³/mol. The first kappa shape index (κ1) is 23.1. The number of esters is 1. The molecule has 1 aromatic carbocycles. The minimum absolute atomic E-state index is 0.127. The Morgan fingerprint density at radius 1 is 1.25 bits per heavy atom. The lowest BCUT2D eigenvalue weighted by atomic mass is 9.76. The van der Waals surface area contributed by atoms with Crippen molar-refractivity contribution >= 4 is 22.6 Å². The van der Waals surface area contributed by atoms with Gasteiger partial charge in [-0.1, -0.05) is 0 Å². The van der Waals surface area contributed by atoms with E-state index in [2.05, 4.69) is 20.2 Å². The first-order valence-corrected chi connectivity index (χ1v) is 12.5. The van der Waals surface area contributed by atoms with Crippen molar-refractivity contribution in [3.05, 3.63) is 53.6 Å². The molecule has 7 rings (SSSR count). The number of hydrogen-bond donors (Lipinski definition) is 1. The maximum Gasteiger partial charge on any atom is 0.332 e. The number of carbonyl (C=O) groups excluding carboxylic acids is 1. The van der Waals surface area contributed by atoms with Crippen LogP contribution in [0, 0.1) is 5.82 Å². The highest BCUT2D eigenvalue weighted by Crippen LogP contribution is 2.41. The van der Waals surface area contributed by atoms with Gasteiger partial charge < -0.3 is 19.5 Å². The lowest BCUT2D eigenvalue weighted by molar-refractivity contribution is -0.138. The zero-order chi connectivity index (χ0) is 24.7. The first-order valence-electron chi connectivity index (χ1n) is 12.5. The molecule has 0 atom stereocenters. The van der Waals surface area contributed by atoms with Crippen molar-refractivity contribution in [1.82, 2.24) is 14.9 Å². The van der Waals surface area contributed by atoms with Crippen LogP contribution in [0.1, 0.15) is 36.9 Å². The number of halogens is 1. The maximum atomic E-state index is 15.1. The van der Waals surface area contributed by atoms with Crippen LogP contribution in [0.15, 0.2) is 36.5 Å². The van der Waals surface area contributed by atoms with Crippen LogP contribution in [0.4, 0.5) is 10.1 Å². The summed E-state index contributed by atoms with van der Waals surface area (Å²) < 4.78 is 31.9. The second-order valence-electron chi connectivity index (χ2n) is 9.86. The fraction of sp³-hybridized carbons (Fsp3) is 0.444. The topological polar surface area (TPSA) is 85.8 Å². The van der Waals surface area contributed by atoms with E-state index in [1.54, 1.807) is 7.11 Å². The van der Waals surface area contributed by atoms with Crippen LogP contribution in [0.5, 0.6) is 11.6 Å². The molecule has 4 aliphatic rings. The van der Waals surface area contributed by atoms with Gasteiger partial charge in [0.2, 0.25) is 5.88 Å². The zero-order valence-corrected chi connectivity index (χ0v) is 20.3. The van der Waals surface area contributed by atoms with Gasteiger partial charge in [-0.05, 0) is 62.4 Å². The summed E-state index contributed by atoms with van der Waals surface area (Å²) in [4.78, 5) is 23.0. The molecule has 2 bridgehead atoms. The molecule has 2 aromatic heterocycles. The van der Waals surface area contributed by atoms with Gasteiger partial charge >= 0.3 is 5.97 Å². The monoisotopic (exact) mass is 492 g/mol. The highest BCUT2D eigenvalue weighted by molar-refractivity contribution is 5.84. The van der Waals surface area contributed by atoms with Crippen molar-refractivity contribution in [2.45, 2.75) is 50.3 Å². The number of fused-ring (bicyclic) bond motifs is 5. The molecular formula is C27H29FN4O4. The Kier molecular flexibility index (Phi) is 5.97. The van der Waals surface area contributed by atoms with E-state index < -0.39 is 0 Å². The number of aromatic nitrogens is 2. The SMILES string of the molecule is COc1ccc2ncc(F)c(CCN(Cc3ccc4c(n3)OC(=O)CN4)C34CCC(CC3)OC4)c2c1. The van der Waals surface area contributed by atoms with E-state index in [1.165, 1.54) is 6.20 Å². The van der Waals surface area contributed by atoms with E-state index in [0.717, 1.165) is 42.3 Å². The molecule has 3 fully saturated rings. The summed E-state index contributed by atoms with van der Waals surface area (Å²) in [6.07, 6.45) is 6.27. The van der Waals surface area contributed by atoms with Crippen molar-refractivity contribution < 1.29 is 23.4 Å². The molecule has 1 N–H and O–H groups in total. The van der Waals surface area contributed by atoms with Crippen LogP contribution in [0.25, 0.3) is 10.9 Å². The normalized spacial score (nSPS) is 22.9. The molecule has 1 saturated carbocycles. The number of benzene rings is 1. The van der Waals surface area contributed by atoms with Gasteiger partial charge in [-0.2, -0.15) is 0 Å². The Bertz CT molecular complexity index is 1290. The zero-order valence-electron chi connectivity index (χ0n) is 20.3. The van der Waals surface area contributed by atoms with Crippen LogP contribution < -0.4 is 14.8 Å². The van der Waals surface area contributed by atoms with Crippen molar-refractivity contribution in [3.63, 3.8) is 0 Å². The van der Waals surface area contributed by atoms with Gasteiger partial charge in [0.1, 0.15) is 18.1 Å². The third-order valence-electron chi connectivity index (χ3n) is 7.79. The maximum absolute atomic E-state index is 15.1. The number of hydrogen-bond acceptors (Lipinski definition) is 8. The first-order chi connectivity index (χ1) is 17.5. The van der Waals surface area contributed by atoms with E-state index in [4.69, 9.17) is 14.2 Å². The van der Waals surface area contributed by atoms with Crippen LogP contribution in [0.3, 0.4) is 0 Å². The fourth-order valence-corrected chi connectivity index (χ4v) is 5.72. The van der Waals surface area contributed by atoms with Crippen molar-refractivity contribution in [2.75, 3.05) is 32.1 Å². The van der Waals surface area contributed by atoms with Crippen molar-refractivity contribution in [1.29, 1.82) is 0 Å². The molecule has 1 aliphatic carbocycles. The van der Waals surface area contributed by atoms with E-state index in [1.807, 2.05) is 30.3 Å². The van der Waals surface area contributed by atoms with Gasteiger partial charge in [-0.25, -0.2) is 14.2 Å². The molecule has 36 heavy (non-hydrogen) atoms. The molecule has 188 valence electrons. The number of pyridine rings is 2. The smallest absolute Gasteiger partial charge is 0.332 e. The van der Waals surface area contributed by atoms with Gasteiger partial charge in [0, 0.05) is 29.6 Å². The average molecular weight is 493 g/mol. The fourth-order valence-electron chi connectivity index (χ4n) is 5.72. The van der Waals surface area contributed by atoms with Crippen LogP contribution in [-0.4, -0.2) is 59.3 Å². The van der Waals surface area contributed by atoms with Gasteiger partial charge in [0.25, 0.3) is 0 Å². The number of carbonyl (C=O) groups is 1. The summed E-state index contributed by atoms with van der Waals surface area (Å²) in [6.45, 7) is 1.97. The molecule has 9 heteroatoms. The van der Waals surface area contributed by atoms with E-state index in [9.17, 15) is 4.79 Å². The molecule has 5 heterocycles. The minimum atomic E-state index is -0.350. The largest absolute Gasteiger partial charge is 0.497 e. The number of nitrogens with one attached hydrogen (secondary N) is 1. The summed E-state index contributed by atoms with van der Waals surface area (Å²) in [5.74, 6) is 0.314. The van der Waals surface area contributed by atoms with E-state index in [-0.39, 0.29) is 23.9 Å². The number of nitrogens with zero attached hydrogens (tertiary/aromatic N) is 3. The number of methoxy groups -OCH3 is 1. The summed E-state index contributed by atoms with van der Waals surface area (Å²) in [7, 11) is 1.60. The Balaban J connectivity index is 1.31. The predicted octanol–water partition coefficient (Wildman–Crippen LogP) is 3.86. The summed E-state index contributed by atoms with van der Waals surface area (Å²) >= 11 is 0. The molecule has 3 aliphatic heterocycles. The Hall–Kier alpha value is -3.30. The van der Waals surface area contributed by atoms with Crippen LogP contribution in [-0.2, 0) is 22.5 Å². The van der Waals surface area contributed by atoms with Gasteiger partial charge in [-0.3, -0.25) is 9.88 Å². The van der Waals surface area contributed by atoms with Crippen LogP contribution in [0.2, 0.25) is 0 Å². The third-order valence-corrected chi connectivity index (χ3v) is 7.79. The number of rotatable bonds is 7. The second-order valence-corrected chi connectivity index (χ2v) is 9.86. The Morgan fingerprint density at radius 3 is 2.89 bits per heavy atom. The summed E-state index contributed by atoms with van der Waals surface area (Å²) in [6, 6.07) is 9.40. The minimum Gasteiger partial charge on any atom is -0.497 e. The molecule has 0 radical (unpaired) electrons. The highest BCUT2D eigenvalue weighted by Gasteiger charge is 2.45. The van der Waals surface area contributed by atoms with Gasteiger partial charge in [0.15, 0.2) is 0 Å². The van der Waals surface area contributed by atoms with Crippen molar-refractivity contribution in [3.8, 4) is 11.6 Å². The molecule has 0 amide bonds.